The molecular formula is C12H14OS. The number of thioether (sulfide) groups is 1. The van der Waals surface area contributed by atoms with Crippen molar-refractivity contribution >= 4 is 17.5 Å². The normalized spacial score (nSPS) is 21.1. The van der Waals surface area contributed by atoms with Gasteiger partial charge in [-0.25, -0.2) is 0 Å². The molecule has 0 aliphatic carbocycles. The van der Waals surface area contributed by atoms with Crippen molar-refractivity contribution in [3.8, 4) is 0 Å². The second kappa shape index (κ2) is 4.18. The lowest BCUT2D eigenvalue weighted by Gasteiger charge is -2.07. The Bertz CT molecular complexity index is 340. The number of hydrogen-bond donors (Lipinski definition) is 0. The van der Waals surface area contributed by atoms with Crippen LogP contribution < -0.4 is 0 Å². The van der Waals surface area contributed by atoms with Crippen LogP contribution in [0.1, 0.15) is 28.8 Å². The van der Waals surface area contributed by atoms with Crippen LogP contribution in [0.3, 0.4) is 0 Å². The molecule has 1 aliphatic rings. The number of hydrogen-bond acceptors (Lipinski definition) is 2. The first-order valence-corrected chi connectivity index (χ1v) is 6.05. The molecule has 0 amide bonds. The number of ketones is 1. The summed E-state index contributed by atoms with van der Waals surface area (Å²) < 4.78 is 0. The number of carbonyl (C=O) groups is 1. The Kier molecular flexibility index (Phi) is 2.92. The lowest BCUT2D eigenvalue weighted by molar-refractivity contribution is 0.0988. The average Bonchev–Trinajstić information content (AvgIpc) is 2.69. The van der Waals surface area contributed by atoms with Gasteiger partial charge in [0.15, 0.2) is 5.78 Å². The van der Waals surface area contributed by atoms with Gasteiger partial charge in [0.25, 0.3) is 0 Å². The van der Waals surface area contributed by atoms with E-state index in [9.17, 15) is 4.79 Å². The highest BCUT2D eigenvalue weighted by molar-refractivity contribution is 8.00. The van der Waals surface area contributed by atoms with Gasteiger partial charge in [-0.15, -0.1) is 0 Å². The summed E-state index contributed by atoms with van der Waals surface area (Å²) in [5.41, 5.74) is 2.04. The molecule has 1 aromatic rings. The highest BCUT2D eigenvalue weighted by Gasteiger charge is 2.24. The Morgan fingerprint density at radius 2 is 2.36 bits per heavy atom. The van der Waals surface area contributed by atoms with Crippen molar-refractivity contribution in [2.24, 2.45) is 0 Å². The van der Waals surface area contributed by atoms with Gasteiger partial charge in [-0.1, -0.05) is 23.8 Å². The van der Waals surface area contributed by atoms with Crippen molar-refractivity contribution in [2.45, 2.75) is 25.0 Å². The number of carbonyl (C=O) groups excluding carboxylic acids is 1. The smallest absolute Gasteiger partial charge is 0.175 e. The fourth-order valence-corrected chi connectivity index (χ4v) is 3.01. The van der Waals surface area contributed by atoms with E-state index in [2.05, 4.69) is 0 Å². The van der Waals surface area contributed by atoms with Crippen LogP contribution in [0.4, 0.5) is 0 Å². The SMILES string of the molecule is Cc1cccc(C(=O)C2CCCS2)c1. The molecule has 1 unspecified atom stereocenters. The largest absolute Gasteiger partial charge is 0.293 e. The van der Waals surface area contributed by atoms with Crippen molar-refractivity contribution in [3.05, 3.63) is 35.4 Å². The first-order chi connectivity index (χ1) is 6.77. The summed E-state index contributed by atoms with van der Waals surface area (Å²) in [6.45, 7) is 2.03. The first-order valence-electron chi connectivity index (χ1n) is 5.00. The third kappa shape index (κ3) is 2.01. The van der Waals surface area contributed by atoms with Crippen LogP contribution in [0.15, 0.2) is 24.3 Å². The van der Waals surface area contributed by atoms with E-state index in [1.54, 1.807) is 11.8 Å². The number of Topliss-reactive ketones (excluding diaryl/α,β-unsaturated/α-hetero) is 1. The minimum atomic E-state index is 0.219. The second-order valence-electron chi connectivity index (χ2n) is 3.74. The molecule has 1 saturated heterocycles. The highest BCUT2D eigenvalue weighted by Crippen LogP contribution is 2.29. The van der Waals surface area contributed by atoms with Crippen LogP contribution in [0, 0.1) is 6.92 Å². The molecule has 1 fully saturated rings. The van der Waals surface area contributed by atoms with Crippen molar-refractivity contribution in [1.29, 1.82) is 0 Å². The maximum atomic E-state index is 12.0. The Hall–Kier alpha value is -0.760. The predicted molar refractivity (Wildman–Crippen MR) is 61.0 cm³/mol. The molecule has 1 aromatic carbocycles. The second-order valence-corrected chi connectivity index (χ2v) is 5.05. The van der Waals surface area contributed by atoms with E-state index < -0.39 is 0 Å². The Morgan fingerprint density at radius 3 is 3.00 bits per heavy atom. The third-order valence-corrected chi connectivity index (χ3v) is 3.90. The van der Waals surface area contributed by atoms with Crippen molar-refractivity contribution < 1.29 is 4.79 Å². The Balaban J connectivity index is 2.17. The molecule has 74 valence electrons. The summed E-state index contributed by atoms with van der Waals surface area (Å²) in [6, 6.07) is 7.90. The molecule has 0 radical (unpaired) electrons. The third-order valence-electron chi connectivity index (χ3n) is 2.52. The predicted octanol–water partition coefficient (Wildman–Crippen LogP) is 3.07. The fraction of sp³-hybridized carbons (Fsp3) is 0.417. The molecule has 0 saturated carbocycles. The van der Waals surface area contributed by atoms with E-state index >= 15 is 0 Å². The topological polar surface area (TPSA) is 17.1 Å². The van der Waals surface area contributed by atoms with Crippen molar-refractivity contribution in [2.75, 3.05) is 5.75 Å². The van der Waals surface area contributed by atoms with E-state index in [0.29, 0.717) is 5.78 Å². The molecule has 1 nitrogen and oxygen atoms in total. The van der Waals surface area contributed by atoms with Gasteiger partial charge in [0.05, 0.1) is 5.25 Å². The molecular weight excluding hydrogens is 192 g/mol. The lowest BCUT2D eigenvalue weighted by atomic mass is 10.0. The van der Waals surface area contributed by atoms with E-state index in [-0.39, 0.29) is 5.25 Å². The zero-order valence-corrected chi connectivity index (χ0v) is 9.14. The number of aryl methyl sites for hydroxylation is 1. The Morgan fingerprint density at radius 1 is 1.50 bits per heavy atom. The van der Waals surface area contributed by atoms with E-state index in [1.807, 2.05) is 31.2 Å². The highest BCUT2D eigenvalue weighted by atomic mass is 32.2. The quantitative estimate of drug-likeness (QED) is 0.692. The van der Waals surface area contributed by atoms with Gasteiger partial charge >= 0.3 is 0 Å². The summed E-state index contributed by atoms with van der Waals surface area (Å²) >= 11 is 1.80. The van der Waals surface area contributed by atoms with Gasteiger partial charge < -0.3 is 0 Å². The fourth-order valence-electron chi connectivity index (χ4n) is 1.77. The van der Waals surface area contributed by atoms with Crippen LogP contribution in [-0.4, -0.2) is 16.8 Å². The molecule has 0 aromatic heterocycles. The maximum absolute atomic E-state index is 12.0. The molecule has 2 heteroatoms. The van der Waals surface area contributed by atoms with Crippen LogP contribution in [0.2, 0.25) is 0 Å². The van der Waals surface area contributed by atoms with Gasteiger partial charge in [-0.2, -0.15) is 11.8 Å². The van der Waals surface area contributed by atoms with Gasteiger partial charge in [0.1, 0.15) is 0 Å². The van der Waals surface area contributed by atoms with Gasteiger partial charge in [-0.05, 0) is 31.6 Å². The molecule has 1 atom stereocenters. The van der Waals surface area contributed by atoms with Crippen LogP contribution in [-0.2, 0) is 0 Å². The zero-order valence-electron chi connectivity index (χ0n) is 8.32. The van der Waals surface area contributed by atoms with Crippen molar-refractivity contribution in [1.82, 2.24) is 0 Å². The molecule has 1 aliphatic heterocycles. The monoisotopic (exact) mass is 206 g/mol. The summed E-state index contributed by atoms with van der Waals surface area (Å²) in [7, 11) is 0. The number of benzene rings is 1. The maximum Gasteiger partial charge on any atom is 0.175 e. The van der Waals surface area contributed by atoms with Gasteiger partial charge in [0, 0.05) is 5.56 Å². The molecule has 0 bridgehead atoms. The van der Waals surface area contributed by atoms with Crippen LogP contribution >= 0.6 is 11.8 Å². The van der Waals surface area contributed by atoms with Gasteiger partial charge in [-0.3, -0.25) is 4.79 Å². The van der Waals surface area contributed by atoms with E-state index in [0.717, 1.165) is 17.7 Å². The Labute approximate surface area is 88.9 Å². The summed E-state index contributed by atoms with van der Waals surface area (Å²) in [5.74, 6) is 1.46. The minimum Gasteiger partial charge on any atom is -0.293 e. The molecule has 1 heterocycles. The van der Waals surface area contributed by atoms with Gasteiger partial charge in [0.2, 0.25) is 0 Å². The molecule has 0 N–H and O–H groups in total. The lowest BCUT2D eigenvalue weighted by Crippen LogP contribution is -2.13. The average molecular weight is 206 g/mol. The summed E-state index contributed by atoms with van der Waals surface area (Å²) in [6.07, 6.45) is 2.24. The standard InChI is InChI=1S/C12H14OS/c1-9-4-2-5-10(8-9)12(13)11-6-3-7-14-11/h2,4-5,8,11H,3,6-7H2,1H3. The zero-order chi connectivity index (χ0) is 9.97. The summed E-state index contributed by atoms with van der Waals surface area (Å²) in [5, 5.41) is 0.219. The van der Waals surface area contributed by atoms with E-state index in [4.69, 9.17) is 0 Å². The molecule has 14 heavy (non-hydrogen) atoms. The first kappa shape index (κ1) is 9.78. The van der Waals surface area contributed by atoms with Crippen LogP contribution in [0.25, 0.3) is 0 Å². The molecule has 2 rings (SSSR count). The number of rotatable bonds is 2. The molecule has 0 spiro atoms. The minimum absolute atomic E-state index is 0.219. The van der Waals surface area contributed by atoms with Crippen LogP contribution in [0.5, 0.6) is 0 Å². The summed E-state index contributed by atoms with van der Waals surface area (Å²) in [4.78, 5) is 12.0. The van der Waals surface area contributed by atoms with E-state index in [1.165, 1.54) is 12.0 Å². The van der Waals surface area contributed by atoms with Crippen molar-refractivity contribution in [3.63, 3.8) is 0 Å².